The van der Waals surface area contributed by atoms with Crippen LogP contribution in [0.1, 0.15) is 20.3 Å². The lowest BCUT2D eigenvalue weighted by Gasteiger charge is -2.19. The van der Waals surface area contributed by atoms with E-state index < -0.39 is 0 Å². The van der Waals surface area contributed by atoms with E-state index in [1.54, 1.807) is 0 Å². The minimum Gasteiger partial charge on any atom is -0.339 e. The minimum absolute atomic E-state index is 0.0647. The van der Waals surface area contributed by atoms with Gasteiger partial charge in [-0.2, -0.15) is 0 Å². The second kappa shape index (κ2) is 2.58. The van der Waals surface area contributed by atoms with Crippen LogP contribution in [0.5, 0.6) is 0 Å². The Morgan fingerprint density at radius 3 is 2.50 bits per heavy atom. The first-order chi connectivity index (χ1) is 4.61. The molecule has 58 valence electrons. The fraction of sp³-hybridized carbons (Fsp3) is 0.857. The lowest BCUT2D eigenvalue weighted by molar-refractivity contribution is -0.129. The monoisotopic (exact) mass is 142 g/mol. The average molecular weight is 142 g/mol. The van der Waals surface area contributed by atoms with Crippen molar-refractivity contribution in [2.75, 3.05) is 6.54 Å². The van der Waals surface area contributed by atoms with Gasteiger partial charge in [0.1, 0.15) is 0 Å². The topological polar surface area (TPSA) is 46.3 Å². The van der Waals surface area contributed by atoms with E-state index in [1.165, 1.54) is 0 Å². The quantitative estimate of drug-likeness (QED) is 0.558. The molecule has 0 spiro atoms. The van der Waals surface area contributed by atoms with Crippen molar-refractivity contribution >= 4 is 5.91 Å². The third kappa shape index (κ3) is 1.29. The van der Waals surface area contributed by atoms with Gasteiger partial charge in [-0.15, -0.1) is 0 Å². The minimum atomic E-state index is 0.0647. The van der Waals surface area contributed by atoms with E-state index in [-0.39, 0.29) is 11.9 Å². The smallest absolute Gasteiger partial charge is 0.224 e. The van der Waals surface area contributed by atoms with Crippen LogP contribution in [0.3, 0.4) is 0 Å². The molecule has 1 heterocycles. The lowest BCUT2D eigenvalue weighted by Crippen LogP contribution is -2.33. The molecule has 0 aliphatic carbocycles. The molecular weight excluding hydrogens is 128 g/mol. The molecule has 1 amide bonds. The fourth-order valence-electron chi connectivity index (χ4n) is 1.26. The predicted molar refractivity (Wildman–Crippen MR) is 39.4 cm³/mol. The summed E-state index contributed by atoms with van der Waals surface area (Å²) >= 11 is 0. The van der Waals surface area contributed by atoms with Gasteiger partial charge in [-0.25, -0.2) is 0 Å². The van der Waals surface area contributed by atoms with Crippen LogP contribution in [0.15, 0.2) is 0 Å². The molecule has 3 nitrogen and oxygen atoms in total. The van der Waals surface area contributed by atoms with E-state index >= 15 is 0 Å². The van der Waals surface area contributed by atoms with Gasteiger partial charge in [-0.1, -0.05) is 0 Å². The highest BCUT2D eigenvalue weighted by Gasteiger charge is 2.28. The van der Waals surface area contributed by atoms with Crippen molar-refractivity contribution in [2.24, 2.45) is 5.73 Å². The first-order valence-corrected chi connectivity index (χ1v) is 3.66. The Morgan fingerprint density at radius 2 is 2.30 bits per heavy atom. The van der Waals surface area contributed by atoms with Crippen LogP contribution in [0.4, 0.5) is 0 Å². The first kappa shape index (κ1) is 7.54. The van der Waals surface area contributed by atoms with Crippen LogP contribution in [0.2, 0.25) is 0 Å². The fourth-order valence-corrected chi connectivity index (χ4v) is 1.26. The van der Waals surface area contributed by atoms with Crippen molar-refractivity contribution in [3.05, 3.63) is 0 Å². The Morgan fingerprint density at radius 1 is 1.70 bits per heavy atom. The van der Waals surface area contributed by atoms with Gasteiger partial charge >= 0.3 is 0 Å². The number of amides is 1. The molecule has 2 N–H and O–H groups in total. The second-order valence-electron chi connectivity index (χ2n) is 3.10. The van der Waals surface area contributed by atoms with E-state index in [1.807, 2.05) is 18.7 Å². The first-order valence-electron chi connectivity index (χ1n) is 3.66. The Bertz CT molecular complexity index is 145. The number of hydrogen-bond donors (Lipinski definition) is 1. The van der Waals surface area contributed by atoms with Crippen molar-refractivity contribution in [3.63, 3.8) is 0 Å². The molecule has 1 aliphatic rings. The van der Waals surface area contributed by atoms with Gasteiger partial charge in [0.05, 0.1) is 0 Å². The van der Waals surface area contributed by atoms with Crippen molar-refractivity contribution in [3.8, 4) is 0 Å². The summed E-state index contributed by atoms with van der Waals surface area (Å²) in [5.41, 5.74) is 5.59. The molecule has 3 heteroatoms. The van der Waals surface area contributed by atoms with Crippen LogP contribution >= 0.6 is 0 Å². The van der Waals surface area contributed by atoms with Gasteiger partial charge in [0.25, 0.3) is 0 Å². The number of rotatable bonds is 1. The second-order valence-corrected chi connectivity index (χ2v) is 3.10. The zero-order valence-electron chi connectivity index (χ0n) is 6.50. The molecule has 0 radical (unpaired) electrons. The van der Waals surface area contributed by atoms with Crippen molar-refractivity contribution in [1.29, 1.82) is 0 Å². The molecule has 0 bridgehead atoms. The van der Waals surface area contributed by atoms with Crippen LogP contribution in [0.25, 0.3) is 0 Å². The SMILES string of the molecule is CC(C)N1C[C@H](N)CC1=O. The number of nitrogens with zero attached hydrogens (tertiary/aromatic N) is 1. The van der Waals surface area contributed by atoms with Gasteiger partial charge in [0.15, 0.2) is 0 Å². The molecule has 0 saturated carbocycles. The number of nitrogens with two attached hydrogens (primary N) is 1. The highest BCUT2D eigenvalue weighted by molar-refractivity contribution is 5.79. The Labute approximate surface area is 61.2 Å². The van der Waals surface area contributed by atoms with Crippen LogP contribution in [-0.4, -0.2) is 29.4 Å². The van der Waals surface area contributed by atoms with E-state index in [4.69, 9.17) is 5.73 Å². The molecule has 1 aliphatic heterocycles. The molecule has 10 heavy (non-hydrogen) atoms. The van der Waals surface area contributed by atoms with Crippen LogP contribution in [-0.2, 0) is 4.79 Å². The predicted octanol–water partition coefficient (Wildman–Crippen LogP) is -0.0456. The molecule has 1 saturated heterocycles. The van der Waals surface area contributed by atoms with Crippen molar-refractivity contribution in [1.82, 2.24) is 4.90 Å². The molecule has 1 rings (SSSR count). The van der Waals surface area contributed by atoms with E-state index in [2.05, 4.69) is 0 Å². The summed E-state index contributed by atoms with van der Waals surface area (Å²) in [7, 11) is 0. The van der Waals surface area contributed by atoms with Crippen molar-refractivity contribution in [2.45, 2.75) is 32.4 Å². The largest absolute Gasteiger partial charge is 0.339 e. The summed E-state index contributed by atoms with van der Waals surface area (Å²) in [5.74, 6) is 0.197. The lowest BCUT2D eigenvalue weighted by atomic mass is 10.3. The summed E-state index contributed by atoms with van der Waals surface area (Å²) in [6, 6.07) is 0.371. The van der Waals surface area contributed by atoms with Gasteiger partial charge in [-0.3, -0.25) is 4.79 Å². The van der Waals surface area contributed by atoms with E-state index in [0.717, 1.165) is 6.54 Å². The summed E-state index contributed by atoms with van der Waals surface area (Å²) in [4.78, 5) is 12.9. The summed E-state index contributed by atoms with van der Waals surface area (Å²) in [6.45, 7) is 4.75. The zero-order chi connectivity index (χ0) is 7.72. The Hall–Kier alpha value is -0.570. The number of hydrogen-bond acceptors (Lipinski definition) is 2. The molecular formula is C7H14N2O. The highest BCUT2D eigenvalue weighted by atomic mass is 16.2. The van der Waals surface area contributed by atoms with Crippen LogP contribution < -0.4 is 5.73 Å². The third-order valence-corrected chi connectivity index (χ3v) is 1.81. The molecule has 1 fully saturated rings. The van der Waals surface area contributed by atoms with Gasteiger partial charge < -0.3 is 10.6 Å². The van der Waals surface area contributed by atoms with Gasteiger partial charge in [0.2, 0.25) is 5.91 Å². The van der Waals surface area contributed by atoms with Gasteiger partial charge in [0, 0.05) is 25.0 Å². The summed E-state index contributed by atoms with van der Waals surface area (Å²) in [5, 5.41) is 0. The zero-order valence-corrected chi connectivity index (χ0v) is 6.50. The average Bonchev–Trinajstić information content (AvgIpc) is 2.10. The number of carbonyl (C=O) groups is 1. The maximum atomic E-state index is 11.1. The standard InChI is InChI=1S/C7H14N2O/c1-5(2)9-4-6(8)3-7(9)10/h5-6H,3-4,8H2,1-2H3/t6-/m1/s1. The molecule has 0 aromatic heterocycles. The van der Waals surface area contributed by atoms with E-state index in [0.29, 0.717) is 12.5 Å². The molecule has 0 unspecified atom stereocenters. The Kier molecular flexibility index (Phi) is 1.94. The maximum absolute atomic E-state index is 11.1. The van der Waals surface area contributed by atoms with Crippen LogP contribution in [0, 0.1) is 0 Å². The maximum Gasteiger partial charge on any atom is 0.224 e. The highest BCUT2D eigenvalue weighted by Crippen LogP contribution is 2.11. The Balaban J connectivity index is 2.55. The normalized spacial score (nSPS) is 26.6. The van der Waals surface area contributed by atoms with E-state index in [9.17, 15) is 4.79 Å². The molecule has 0 aromatic carbocycles. The number of carbonyl (C=O) groups excluding carboxylic acids is 1. The molecule has 1 atom stereocenters. The summed E-state index contributed by atoms with van der Waals surface area (Å²) < 4.78 is 0. The summed E-state index contributed by atoms with van der Waals surface area (Å²) in [6.07, 6.45) is 0.526. The van der Waals surface area contributed by atoms with Gasteiger partial charge in [-0.05, 0) is 13.8 Å². The third-order valence-electron chi connectivity index (χ3n) is 1.81. The number of likely N-dealkylation sites (tertiary alicyclic amines) is 1. The molecule has 0 aromatic rings. The van der Waals surface area contributed by atoms with Crippen molar-refractivity contribution < 1.29 is 4.79 Å².